The van der Waals surface area contributed by atoms with Gasteiger partial charge in [-0.3, -0.25) is 4.99 Å². The molecule has 21 heavy (non-hydrogen) atoms. The number of fused-ring (bicyclic) bond motifs is 1. The standard InChI is InChI=1S/C17H27N3.HI/c1-3-4-12-19-17(18-2)20-13-15-10-7-9-14-8-5-6-11-16(14)15;/h5-6,8,11,15H,3-4,7,9-10,12-13H2,1-2H3,(H2,18,19,20);1H. The average molecular weight is 401 g/mol. The number of unbranched alkanes of at least 4 members (excludes halogenated alkanes) is 1. The van der Waals surface area contributed by atoms with E-state index in [4.69, 9.17) is 0 Å². The van der Waals surface area contributed by atoms with Crippen molar-refractivity contribution in [3.8, 4) is 0 Å². The second-order valence-corrected chi connectivity index (χ2v) is 5.52. The second-order valence-electron chi connectivity index (χ2n) is 5.52. The zero-order chi connectivity index (χ0) is 14.2. The van der Waals surface area contributed by atoms with Crippen LogP contribution in [0.15, 0.2) is 29.3 Å². The highest BCUT2D eigenvalue weighted by atomic mass is 127. The van der Waals surface area contributed by atoms with Crippen LogP contribution < -0.4 is 10.6 Å². The predicted octanol–water partition coefficient (Wildman–Crippen LogP) is 3.69. The number of aliphatic imine (C=N–C) groups is 1. The van der Waals surface area contributed by atoms with Crippen molar-refractivity contribution in [1.82, 2.24) is 10.6 Å². The molecule has 0 bridgehead atoms. The van der Waals surface area contributed by atoms with Gasteiger partial charge in [-0.25, -0.2) is 0 Å². The highest BCUT2D eigenvalue weighted by molar-refractivity contribution is 14.0. The maximum Gasteiger partial charge on any atom is 0.190 e. The summed E-state index contributed by atoms with van der Waals surface area (Å²) in [7, 11) is 1.84. The lowest BCUT2D eigenvalue weighted by Gasteiger charge is -2.26. The Kier molecular flexibility index (Phi) is 8.73. The first-order valence-electron chi connectivity index (χ1n) is 7.87. The molecule has 4 heteroatoms. The Hall–Kier alpha value is -0.780. The van der Waals surface area contributed by atoms with Crippen LogP contribution in [0.5, 0.6) is 0 Å². The van der Waals surface area contributed by atoms with Crippen LogP contribution in [0, 0.1) is 0 Å². The largest absolute Gasteiger partial charge is 0.356 e. The topological polar surface area (TPSA) is 36.4 Å². The van der Waals surface area contributed by atoms with Gasteiger partial charge in [-0.05, 0) is 36.8 Å². The van der Waals surface area contributed by atoms with E-state index in [1.807, 2.05) is 7.05 Å². The lowest BCUT2D eigenvalue weighted by atomic mass is 9.83. The molecule has 1 atom stereocenters. The lowest BCUT2D eigenvalue weighted by Crippen LogP contribution is -2.40. The molecule has 1 aromatic carbocycles. The molecule has 1 aliphatic carbocycles. The minimum Gasteiger partial charge on any atom is -0.356 e. The number of guanidine groups is 1. The van der Waals surface area contributed by atoms with Crippen LogP contribution in [0.3, 0.4) is 0 Å². The zero-order valence-electron chi connectivity index (χ0n) is 13.2. The summed E-state index contributed by atoms with van der Waals surface area (Å²) in [5.41, 5.74) is 3.05. The molecule has 0 saturated carbocycles. The summed E-state index contributed by atoms with van der Waals surface area (Å²) in [6, 6.07) is 8.87. The second kappa shape index (κ2) is 10.0. The van der Waals surface area contributed by atoms with Gasteiger partial charge in [0.1, 0.15) is 0 Å². The van der Waals surface area contributed by atoms with Crippen molar-refractivity contribution in [2.75, 3.05) is 20.1 Å². The molecule has 0 radical (unpaired) electrons. The summed E-state index contributed by atoms with van der Waals surface area (Å²) in [4.78, 5) is 4.29. The fourth-order valence-corrected chi connectivity index (χ4v) is 2.89. The van der Waals surface area contributed by atoms with Crippen LogP contribution >= 0.6 is 24.0 Å². The van der Waals surface area contributed by atoms with Gasteiger partial charge in [0, 0.05) is 26.1 Å². The number of nitrogens with one attached hydrogen (secondary N) is 2. The van der Waals surface area contributed by atoms with Crippen LogP contribution in [0.1, 0.15) is 49.7 Å². The fraction of sp³-hybridized carbons (Fsp3) is 0.588. The number of benzene rings is 1. The Morgan fingerprint density at radius 2 is 2.10 bits per heavy atom. The molecule has 0 saturated heterocycles. The van der Waals surface area contributed by atoms with Gasteiger partial charge in [0.15, 0.2) is 5.96 Å². The van der Waals surface area contributed by atoms with Gasteiger partial charge in [-0.15, -0.1) is 24.0 Å². The molecule has 0 aromatic heterocycles. The summed E-state index contributed by atoms with van der Waals surface area (Å²) in [5.74, 6) is 1.55. The molecular formula is C17H28IN3. The van der Waals surface area contributed by atoms with Crippen LogP contribution in [0.25, 0.3) is 0 Å². The normalized spacial score (nSPS) is 17.6. The zero-order valence-corrected chi connectivity index (χ0v) is 15.5. The first-order chi connectivity index (χ1) is 9.85. The van der Waals surface area contributed by atoms with Gasteiger partial charge >= 0.3 is 0 Å². The van der Waals surface area contributed by atoms with Crippen LogP contribution in [-0.4, -0.2) is 26.1 Å². The summed E-state index contributed by atoms with van der Waals surface area (Å²) < 4.78 is 0. The third-order valence-corrected chi connectivity index (χ3v) is 4.06. The highest BCUT2D eigenvalue weighted by Crippen LogP contribution is 2.30. The van der Waals surface area contributed by atoms with E-state index in [1.165, 1.54) is 43.2 Å². The van der Waals surface area contributed by atoms with Crippen molar-refractivity contribution in [1.29, 1.82) is 0 Å². The summed E-state index contributed by atoms with van der Waals surface area (Å²) >= 11 is 0. The summed E-state index contributed by atoms with van der Waals surface area (Å²) in [6.45, 7) is 4.18. The van der Waals surface area contributed by atoms with Gasteiger partial charge in [0.25, 0.3) is 0 Å². The summed E-state index contributed by atoms with van der Waals surface area (Å²) in [5, 5.41) is 6.85. The van der Waals surface area contributed by atoms with Crippen molar-refractivity contribution in [2.45, 2.75) is 44.9 Å². The van der Waals surface area contributed by atoms with E-state index in [9.17, 15) is 0 Å². The van der Waals surface area contributed by atoms with Crippen LogP contribution in [-0.2, 0) is 6.42 Å². The highest BCUT2D eigenvalue weighted by Gasteiger charge is 2.19. The molecule has 1 aromatic rings. The molecular weight excluding hydrogens is 373 g/mol. The van der Waals surface area contributed by atoms with Gasteiger partial charge < -0.3 is 10.6 Å². The SMILES string of the molecule is CCCCNC(=NC)NCC1CCCc2ccccc21.I. The van der Waals surface area contributed by atoms with Crippen molar-refractivity contribution >= 4 is 29.9 Å². The monoisotopic (exact) mass is 401 g/mol. The number of rotatable bonds is 5. The van der Waals surface area contributed by atoms with Crippen molar-refractivity contribution in [3.05, 3.63) is 35.4 Å². The first-order valence-corrected chi connectivity index (χ1v) is 7.87. The Morgan fingerprint density at radius 1 is 1.29 bits per heavy atom. The van der Waals surface area contributed by atoms with Gasteiger partial charge in [-0.2, -0.15) is 0 Å². The first kappa shape index (κ1) is 18.3. The van der Waals surface area contributed by atoms with E-state index >= 15 is 0 Å². The van der Waals surface area contributed by atoms with Crippen LogP contribution in [0.2, 0.25) is 0 Å². The van der Waals surface area contributed by atoms with Gasteiger partial charge in [0.2, 0.25) is 0 Å². The molecule has 0 aliphatic heterocycles. The number of halogens is 1. The Morgan fingerprint density at radius 3 is 2.86 bits per heavy atom. The molecule has 118 valence electrons. The molecule has 0 fully saturated rings. The minimum atomic E-state index is 0. The Balaban J connectivity index is 0.00000220. The Labute approximate surface area is 146 Å². The van der Waals surface area contributed by atoms with Crippen molar-refractivity contribution in [2.24, 2.45) is 4.99 Å². The number of hydrogen-bond acceptors (Lipinski definition) is 1. The third kappa shape index (κ3) is 5.49. The molecule has 3 nitrogen and oxygen atoms in total. The number of aryl methyl sites for hydroxylation is 1. The number of nitrogens with zero attached hydrogens (tertiary/aromatic N) is 1. The van der Waals surface area contributed by atoms with E-state index in [0.29, 0.717) is 5.92 Å². The molecule has 0 amide bonds. The third-order valence-electron chi connectivity index (χ3n) is 4.06. The van der Waals surface area contributed by atoms with Crippen molar-refractivity contribution < 1.29 is 0 Å². The molecule has 0 spiro atoms. The molecule has 2 N–H and O–H groups in total. The quantitative estimate of drug-likeness (QED) is 0.342. The van der Waals surface area contributed by atoms with E-state index in [0.717, 1.165) is 19.0 Å². The smallest absolute Gasteiger partial charge is 0.190 e. The fourth-order valence-electron chi connectivity index (χ4n) is 2.89. The molecule has 2 rings (SSSR count). The Bertz CT molecular complexity index is 445. The molecule has 1 aliphatic rings. The van der Waals surface area contributed by atoms with E-state index in [2.05, 4.69) is 46.8 Å². The summed E-state index contributed by atoms with van der Waals surface area (Å²) in [6.07, 6.45) is 6.20. The average Bonchev–Trinajstić information content (AvgIpc) is 2.50. The molecule has 1 unspecified atom stereocenters. The van der Waals surface area contributed by atoms with E-state index in [1.54, 1.807) is 0 Å². The van der Waals surface area contributed by atoms with Crippen molar-refractivity contribution in [3.63, 3.8) is 0 Å². The van der Waals surface area contributed by atoms with Crippen LogP contribution in [0.4, 0.5) is 0 Å². The van der Waals surface area contributed by atoms with E-state index in [-0.39, 0.29) is 24.0 Å². The minimum absolute atomic E-state index is 0. The number of hydrogen-bond donors (Lipinski definition) is 2. The predicted molar refractivity (Wildman–Crippen MR) is 102 cm³/mol. The maximum absolute atomic E-state index is 4.29. The maximum atomic E-state index is 4.29. The van der Waals surface area contributed by atoms with Gasteiger partial charge in [0.05, 0.1) is 0 Å². The lowest BCUT2D eigenvalue weighted by molar-refractivity contribution is 0.539. The van der Waals surface area contributed by atoms with E-state index < -0.39 is 0 Å². The molecule has 0 heterocycles. The van der Waals surface area contributed by atoms with Gasteiger partial charge in [-0.1, -0.05) is 37.6 Å².